The average molecular weight is 293 g/mol. The Hall–Kier alpha value is -2.35. The zero-order valence-electron chi connectivity index (χ0n) is 13.7. The fourth-order valence-electron chi connectivity index (χ4n) is 2.27. The Kier molecular flexibility index (Phi) is 5.16. The van der Waals surface area contributed by atoms with Gasteiger partial charge in [0.2, 0.25) is 0 Å². The van der Waals surface area contributed by atoms with Crippen LogP contribution in [-0.2, 0) is 0 Å². The summed E-state index contributed by atoms with van der Waals surface area (Å²) in [6.45, 7) is 8.30. The van der Waals surface area contributed by atoms with E-state index in [2.05, 4.69) is 31.3 Å². The van der Waals surface area contributed by atoms with Gasteiger partial charge in [-0.3, -0.25) is 4.79 Å². The molecular weight excluding hydrogens is 270 g/mol. The topological polar surface area (TPSA) is 29.1 Å². The van der Waals surface area contributed by atoms with Gasteiger partial charge in [-0.05, 0) is 49.1 Å². The molecule has 0 aliphatic carbocycles. The van der Waals surface area contributed by atoms with E-state index in [4.69, 9.17) is 0 Å². The van der Waals surface area contributed by atoms with Crippen molar-refractivity contribution < 1.29 is 4.79 Å². The zero-order valence-corrected chi connectivity index (χ0v) is 13.7. The number of nitrogens with one attached hydrogen (secondary N) is 1. The van der Waals surface area contributed by atoms with Crippen LogP contribution in [0.4, 0.5) is 5.69 Å². The van der Waals surface area contributed by atoms with E-state index < -0.39 is 0 Å². The number of benzene rings is 2. The Morgan fingerprint density at radius 1 is 1.05 bits per heavy atom. The van der Waals surface area contributed by atoms with Crippen molar-refractivity contribution in [2.24, 2.45) is 0 Å². The van der Waals surface area contributed by atoms with Crippen LogP contribution in [-0.4, -0.2) is 5.78 Å². The fraction of sp³-hybridized carbons (Fsp3) is 0.250. The summed E-state index contributed by atoms with van der Waals surface area (Å²) in [4.78, 5) is 12.2. The van der Waals surface area contributed by atoms with Crippen molar-refractivity contribution in [1.82, 2.24) is 0 Å². The third-order valence-electron chi connectivity index (χ3n) is 3.72. The molecule has 0 aromatic heterocycles. The predicted octanol–water partition coefficient (Wildman–Crippen LogP) is 5.24. The highest BCUT2D eigenvalue weighted by Crippen LogP contribution is 2.17. The van der Waals surface area contributed by atoms with E-state index in [-0.39, 0.29) is 5.78 Å². The normalized spacial score (nSPS) is 11.1. The van der Waals surface area contributed by atoms with Gasteiger partial charge in [-0.1, -0.05) is 43.7 Å². The Morgan fingerprint density at radius 2 is 1.73 bits per heavy atom. The van der Waals surface area contributed by atoms with Crippen molar-refractivity contribution in [3.8, 4) is 0 Å². The standard InChI is InChI=1S/C20H23NO/c1-14(2)17-7-9-18(10-8-17)21-12-11-20(22)19-13-15(3)5-6-16(19)4/h5-14,21H,1-4H3. The van der Waals surface area contributed by atoms with Crippen LogP contribution < -0.4 is 5.32 Å². The van der Waals surface area contributed by atoms with Gasteiger partial charge >= 0.3 is 0 Å². The summed E-state index contributed by atoms with van der Waals surface area (Å²) in [6.07, 6.45) is 3.28. The van der Waals surface area contributed by atoms with Gasteiger partial charge in [-0.15, -0.1) is 0 Å². The molecule has 0 aliphatic heterocycles. The molecule has 0 fully saturated rings. The van der Waals surface area contributed by atoms with Gasteiger partial charge in [-0.25, -0.2) is 0 Å². The third kappa shape index (κ3) is 4.08. The number of aryl methyl sites for hydroxylation is 2. The molecule has 2 nitrogen and oxygen atoms in total. The largest absolute Gasteiger partial charge is 0.362 e. The van der Waals surface area contributed by atoms with Gasteiger partial charge in [0.05, 0.1) is 0 Å². The maximum Gasteiger partial charge on any atom is 0.187 e. The summed E-state index contributed by atoms with van der Waals surface area (Å²) in [5.41, 5.74) is 5.14. The van der Waals surface area contributed by atoms with E-state index in [0.717, 1.165) is 22.4 Å². The molecule has 0 amide bonds. The number of rotatable bonds is 5. The zero-order chi connectivity index (χ0) is 16.1. The van der Waals surface area contributed by atoms with Crippen LogP contribution in [0.25, 0.3) is 0 Å². The first kappa shape index (κ1) is 16.0. The molecule has 0 bridgehead atoms. The van der Waals surface area contributed by atoms with Crippen molar-refractivity contribution >= 4 is 11.5 Å². The maximum atomic E-state index is 12.2. The molecule has 2 heteroatoms. The predicted molar refractivity (Wildman–Crippen MR) is 93.5 cm³/mol. The van der Waals surface area contributed by atoms with Crippen LogP contribution in [0.5, 0.6) is 0 Å². The highest BCUT2D eigenvalue weighted by molar-refractivity contribution is 6.05. The van der Waals surface area contributed by atoms with Crippen LogP contribution in [0.1, 0.15) is 46.8 Å². The fourth-order valence-corrected chi connectivity index (χ4v) is 2.27. The average Bonchev–Trinajstić information content (AvgIpc) is 2.50. The highest BCUT2D eigenvalue weighted by Gasteiger charge is 2.05. The number of allylic oxidation sites excluding steroid dienone is 1. The number of hydrogen-bond donors (Lipinski definition) is 1. The molecule has 0 radical (unpaired) electrons. The second-order valence-electron chi connectivity index (χ2n) is 5.94. The maximum absolute atomic E-state index is 12.2. The van der Waals surface area contributed by atoms with Crippen LogP contribution >= 0.6 is 0 Å². The Bertz CT molecular complexity index is 681. The van der Waals surface area contributed by atoms with Crippen LogP contribution in [0.3, 0.4) is 0 Å². The van der Waals surface area contributed by atoms with E-state index in [9.17, 15) is 4.79 Å². The monoisotopic (exact) mass is 293 g/mol. The van der Waals surface area contributed by atoms with Gasteiger partial charge < -0.3 is 5.32 Å². The van der Waals surface area contributed by atoms with Crippen LogP contribution in [0.15, 0.2) is 54.7 Å². The summed E-state index contributed by atoms with van der Waals surface area (Å²) in [5.74, 6) is 0.544. The number of anilines is 1. The molecule has 2 rings (SSSR count). The van der Waals surface area contributed by atoms with Crippen molar-refractivity contribution in [3.63, 3.8) is 0 Å². The number of hydrogen-bond acceptors (Lipinski definition) is 2. The van der Waals surface area contributed by atoms with E-state index >= 15 is 0 Å². The van der Waals surface area contributed by atoms with E-state index in [1.807, 2.05) is 44.2 Å². The lowest BCUT2D eigenvalue weighted by molar-refractivity contribution is 0.104. The summed E-state index contributed by atoms with van der Waals surface area (Å²) in [5, 5.41) is 3.14. The molecule has 0 heterocycles. The molecule has 0 atom stereocenters. The van der Waals surface area contributed by atoms with Gasteiger partial charge in [0.15, 0.2) is 5.78 Å². The Morgan fingerprint density at radius 3 is 2.36 bits per heavy atom. The minimum Gasteiger partial charge on any atom is -0.362 e. The molecule has 114 valence electrons. The van der Waals surface area contributed by atoms with E-state index in [1.54, 1.807) is 12.3 Å². The van der Waals surface area contributed by atoms with Gasteiger partial charge in [0, 0.05) is 23.5 Å². The molecule has 0 spiro atoms. The summed E-state index contributed by atoms with van der Waals surface area (Å²) in [6, 6.07) is 14.2. The lowest BCUT2D eigenvalue weighted by atomic mass is 10.0. The minimum atomic E-state index is 0.0208. The lowest BCUT2D eigenvalue weighted by Gasteiger charge is -2.07. The summed E-state index contributed by atoms with van der Waals surface area (Å²) in [7, 11) is 0. The van der Waals surface area contributed by atoms with Gasteiger partial charge in [0.1, 0.15) is 0 Å². The highest BCUT2D eigenvalue weighted by atomic mass is 16.1. The minimum absolute atomic E-state index is 0.0208. The molecule has 22 heavy (non-hydrogen) atoms. The molecular formula is C20H23NO. The number of ketones is 1. The first-order valence-corrected chi connectivity index (χ1v) is 7.62. The Labute approximate surface area is 132 Å². The summed E-state index contributed by atoms with van der Waals surface area (Å²) < 4.78 is 0. The molecule has 0 saturated carbocycles. The smallest absolute Gasteiger partial charge is 0.187 e. The Balaban J connectivity index is 2.02. The lowest BCUT2D eigenvalue weighted by Crippen LogP contribution is -2.00. The number of carbonyl (C=O) groups is 1. The first-order valence-electron chi connectivity index (χ1n) is 7.62. The second kappa shape index (κ2) is 7.08. The second-order valence-corrected chi connectivity index (χ2v) is 5.94. The van der Waals surface area contributed by atoms with Gasteiger partial charge in [-0.2, -0.15) is 0 Å². The van der Waals surface area contributed by atoms with E-state index in [0.29, 0.717) is 5.92 Å². The van der Waals surface area contributed by atoms with Crippen molar-refractivity contribution in [2.45, 2.75) is 33.6 Å². The van der Waals surface area contributed by atoms with Crippen molar-refractivity contribution in [1.29, 1.82) is 0 Å². The third-order valence-corrected chi connectivity index (χ3v) is 3.72. The molecule has 0 unspecified atom stereocenters. The molecule has 0 saturated heterocycles. The first-order chi connectivity index (χ1) is 10.5. The van der Waals surface area contributed by atoms with E-state index in [1.165, 1.54) is 5.56 Å². The van der Waals surface area contributed by atoms with Gasteiger partial charge in [0.25, 0.3) is 0 Å². The number of carbonyl (C=O) groups excluding carboxylic acids is 1. The van der Waals surface area contributed by atoms with Crippen molar-refractivity contribution in [3.05, 3.63) is 77.0 Å². The quantitative estimate of drug-likeness (QED) is 0.603. The summed E-state index contributed by atoms with van der Waals surface area (Å²) >= 11 is 0. The van der Waals surface area contributed by atoms with Crippen LogP contribution in [0.2, 0.25) is 0 Å². The molecule has 1 N–H and O–H groups in total. The SMILES string of the molecule is Cc1ccc(C)c(C(=O)C=CNc2ccc(C(C)C)cc2)c1. The molecule has 0 aliphatic rings. The van der Waals surface area contributed by atoms with Crippen molar-refractivity contribution in [2.75, 3.05) is 5.32 Å². The molecule has 2 aromatic carbocycles. The molecule has 2 aromatic rings. The van der Waals surface area contributed by atoms with Crippen LogP contribution in [0, 0.1) is 13.8 Å².